The molecule has 0 atom stereocenters. The highest BCUT2D eigenvalue weighted by Crippen LogP contribution is 2.27. The number of rotatable bonds is 5. The summed E-state index contributed by atoms with van der Waals surface area (Å²) in [6.07, 6.45) is 1.35. The Labute approximate surface area is 191 Å². The van der Waals surface area contributed by atoms with Gasteiger partial charge in [0.25, 0.3) is 11.8 Å². The first-order valence-corrected chi connectivity index (χ1v) is 10.7. The minimum Gasteiger partial charge on any atom is -0.322 e. The lowest BCUT2D eigenvalue weighted by molar-refractivity contribution is 0.101. The van der Waals surface area contributed by atoms with Gasteiger partial charge in [0.05, 0.1) is 16.3 Å². The second-order valence-corrected chi connectivity index (χ2v) is 8.01. The molecule has 4 rings (SSSR count). The van der Waals surface area contributed by atoms with E-state index >= 15 is 0 Å². The maximum absolute atomic E-state index is 12.4. The van der Waals surface area contributed by atoms with Crippen LogP contribution < -0.4 is 10.6 Å². The number of carbonyl (C=O) groups is 2. The van der Waals surface area contributed by atoms with Gasteiger partial charge in [0.2, 0.25) is 0 Å². The third-order valence-electron chi connectivity index (χ3n) is 4.26. The molecule has 2 heterocycles. The van der Waals surface area contributed by atoms with E-state index in [1.54, 1.807) is 24.3 Å². The highest BCUT2D eigenvalue weighted by atomic mass is 35.5. The molecule has 0 unspecified atom stereocenters. The first kappa shape index (κ1) is 21.0. The van der Waals surface area contributed by atoms with Gasteiger partial charge in [-0.1, -0.05) is 53.5 Å². The monoisotopic (exact) mass is 468 g/mol. The Bertz CT molecular complexity index is 1240. The lowest BCUT2D eigenvalue weighted by atomic mass is 10.1. The van der Waals surface area contributed by atoms with Crippen LogP contribution in [0.5, 0.6) is 0 Å². The topological polar surface area (TPSA) is 84.0 Å². The number of hydrogen-bond donors (Lipinski definition) is 2. The van der Waals surface area contributed by atoms with Crippen LogP contribution in [0.25, 0.3) is 11.3 Å². The minimum atomic E-state index is -0.383. The minimum absolute atomic E-state index is 0.137. The summed E-state index contributed by atoms with van der Waals surface area (Å²) in [4.78, 5) is 32.9. The molecule has 154 valence electrons. The van der Waals surface area contributed by atoms with E-state index in [4.69, 9.17) is 23.2 Å². The van der Waals surface area contributed by atoms with E-state index in [0.29, 0.717) is 22.1 Å². The number of nitrogens with zero attached hydrogens (tertiary/aromatic N) is 2. The molecule has 0 aliphatic rings. The second-order valence-electron chi connectivity index (χ2n) is 6.39. The summed E-state index contributed by atoms with van der Waals surface area (Å²) < 4.78 is 0. The van der Waals surface area contributed by atoms with Crippen LogP contribution in [0.4, 0.5) is 10.8 Å². The summed E-state index contributed by atoms with van der Waals surface area (Å²) >= 11 is 13.0. The molecule has 4 aromatic rings. The number of thiazole rings is 1. The summed E-state index contributed by atoms with van der Waals surface area (Å²) in [5, 5.41) is 8.19. The van der Waals surface area contributed by atoms with Crippen molar-refractivity contribution in [1.29, 1.82) is 0 Å². The van der Waals surface area contributed by atoms with Crippen molar-refractivity contribution in [2.45, 2.75) is 0 Å². The van der Waals surface area contributed by atoms with Crippen LogP contribution in [0.1, 0.15) is 20.7 Å². The first-order chi connectivity index (χ1) is 15.0. The molecule has 0 spiro atoms. The predicted octanol–water partition coefficient (Wildman–Crippen LogP) is 6.02. The zero-order valence-corrected chi connectivity index (χ0v) is 18.1. The van der Waals surface area contributed by atoms with Gasteiger partial charge in [-0.15, -0.1) is 11.3 Å². The van der Waals surface area contributed by atoms with Crippen molar-refractivity contribution in [3.05, 3.63) is 93.5 Å². The average molecular weight is 469 g/mol. The Morgan fingerprint density at radius 3 is 2.29 bits per heavy atom. The number of benzene rings is 2. The van der Waals surface area contributed by atoms with Gasteiger partial charge in [-0.25, -0.2) is 9.97 Å². The average Bonchev–Trinajstić information content (AvgIpc) is 3.25. The fraction of sp³-hybridized carbons (Fsp3) is 0. The van der Waals surface area contributed by atoms with E-state index in [1.165, 1.54) is 23.6 Å². The predicted molar refractivity (Wildman–Crippen MR) is 124 cm³/mol. The van der Waals surface area contributed by atoms with Crippen LogP contribution in [-0.2, 0) is 0 Å². The zero-order chi connectivity index (χ0) is 21.8. The van der Waals surface area contributed by atoms with Gasteiger partial charge in [-0.05, 0) is 30.3 Å². The van der Waals surface area contributed by atoms with Crippen molar-refractivity contribution >= 4 is 57.2 Å². The summed E-state index contributed by atoms with van der Waals surface area (Å²) in [6, 6.07) is 17.7. The number of anilines is 2. The van der Waals surface area contributed by atoms with Crippen molar-refractivity contribution in [2.24, 2.45) is 0 Å². The molecule has 0 aliphatic carbocycles. The molecule has 6 nitrogen and oxygen atoms in total. The first-order valence-electron chi connectivity index (χ1n) is 9.04. The van der Waals surface area contributed by atoms with Crippen LogP contribution in [0.15, 0.2) is 72.2 Å². The van der Waals surface area contributed by atoms with Crippen LogP contribution in [-0.4, -0.2) is 21.8 Å². The number of nitrogens with one attached hydrogen (secondary N) is 2. The lowest BCUT2D eigenvalue weighted by Crippen LogP contribution is -2.12. The standard InChI is InChI=1S/C22H14Cl2N4O2S/c23-17-10-15(11-25-19(17)24)21(30)28-22-27-18(12-31-22)13-6-8-16(9-7-13)26-20(29)14-4-2-1-3-5-14/h1-12H,(H,26,29)(H,27,28,30). The van der Waals surface area contributed by atoms with Crippen LogP contribution in [0.3, 0.4) is 0 Å². The molecule has 0 bridgehead atoms. The van der Waals surface area contributed by atoms with Crippen molar-refractivity contribution in [3.63, 3.8) is 0 Å². The zero-order valence-electron chi connectivity index (χ0n) is 15.8. The Morgan fingerprint density at radius 2 is 1.58 bits per heavy atom. The Balaban J connectivity index is 1.42. The lowest BCUT2D eigenvalue weighted by Gasteiger charge is -2.06. The molecule has 2 aromatic heterocycles. The molecule has 2 amide bonds. The molecular formula is C22H14Cl2N4O2S. The largest absolute Gasteiger partial charge is 0.322 e. The summed E-state index contributed by atoms with van der Waals surface area (Å²) in [6.45, 7) is 0. The number of carbonyl (C=O) groups excluding carboxylic acids is 2. The molecule has 2 aromatic carbocycles. The molecule has 2 N–H and O–H groups in total. The SMILES string of the molecule is O=C(Nc1ccc(-c2csc(NC(=O)c3cnc(Cl)c(Cl)c3)n2)cc1)c1ccccc1. The quantitative estimate of drug-likeness (QED) is 0.351. The molecule has 0 saturated heterocycles. The van der Waals surface area contributed by atoms with E-state index in [-0.39, 0.29) is 27.6 Å². The van der Waals surface area contributed by atoms with Crippen LogP contribution in [0, 0.1) is 0 Å². The van der Waals surface area contributed by atoms with Crippen molar-refractivity contribution in [2.75, 3.05) is 10.6 Å². The maximum atomic E-state index is 12.4. The summed E-state index contributed by atoms with van der Waals surface area (Å²) in [5.41, 5.74) is 3.10. The van der Waals surface area contributed by atoms with Gasteiger partial charge >= 0.3 is 0 Å². The normalized spacial score (nSPS) is 10.5. The van der Waals surface area contributed by atoms with Gasteiger partial charge in [-0.3, -0.25) is 14.9 Å². The smallest absolute Gasteiger partial charge is 0.259 e. The molecule has 31 heavy (non-hydrogen) atoms. The Kier molecular flexibility index (Phi) is 6.27. The number of pyridine rings is 1. The van der Waals surface area contributed by atoms with E-state index in [9.17, 15) is 9.59 Å². The molecule has 0 aliphatic heterocycles. The molecular weight excluding hydrogens is 455 g/mol. The second kappa shape index (κ2) is 9.26. The third-order valence-corrected chi connectivity index (χ3v) is 5.70. The van der Waals surface area contributed by atoms with Gasteiger partial charge in [0.15, 0.2) is 5.13 Å². The van der Waals surface area contributed by atoms with E-state index in [1.807, 2.05) is 35.7 Å². The van der Waals surface area contributed by atoms with Crippen molar-refractivity contribution < 1.29 is 9.59 Å². The van der Waals surface area contributed by atoms with E-state index in [2.05, 4.69) is 20.6 Å². The van der Waals surface area contributed by atoms with Crippen molar-refractivity contribution in [1.82, 2.24) is 9.97 Å². The van der Waals surface area contributed by atoms with Crippen LogP contribution in [0.2, 0.25) is 10.2 Å². The highest BCUT2D eigenvalue weighted by Gasteiger charge is 2.12. The third kappa shape index (κ3) is 5.08. The molecule has 0 fully saturated rings. The molecule has 0 saturated carbocycles. The van der Waals surface area contributed by atoms with Gasteiger partial charge < -0.3 is 5.32 Å². The van der Waals surface area contributed by atoms with Gasteiger partial charge in [-0.2, -0.15) is 0 Å². The van der Waals surface area contributed by atoms with Gasteiger partial charge in [0, 0.05) is 28.4 Å². The fourth-order valence-corrected chi connectivity index (χ4v) is 3.68. The van der Waals surface area contributed by atoms with Gasteiger partial charge in [0.1, 0.15) is 5.15 Å². The Hall–Kier alpha value is -3.26. The summed E-state index contributed by atoms with van der Waals surface area (Å²) in [7, 11) is 0. The Morgan fingerprint density at radius 1 is 0.871 bits per heavy atom. The number of amides is 2. The fourth-order valence-electron chi connectivity index (χ4n) is 2.70. The summed E-state index contributed by atoms with van der Waals surface area (Å²) in [5.74, 6) is -0.560. The number of halogens is 2. The molecule has 9 heteroatoms. The van der Waals surface area contributed by atoms with E-state index < -0.39 is 0 Å². The highest BCUT2D eigenvalue weighted by molar-refractivity contribution is 7.14. The van der Waals surface area contributed by atoms with Crippen molar-refractivity contribution in [3.8, 4) is 11.3 Å². The van der Waals surface area contributed by atoms with E-state index in [0.717, 1.165) is 5.56 Å². The van der Waals surface area contributed by atoms with Crippen LogP contribution >= 0.6 is 34.5 Å². The number of hydrogen-bond acceptors (Lipinski definition) is 5. The number of aromatic nitrogens is 2. The maximum Gasteiger partial charge on any atom is 0.259 e. The molecule has 0 radical (unpaired) electrons.